The van der Waals surface area contributed by atoms with E-state index in [9.17, 15) is 8.78 Å². The molecule has 1 saturated carbocycles. The Bertz CT molecular complexity index is 1520. The van der Waals surface area contributed by atoms with Gasteiger partial charge in [0.05, 0.1) is 9.86 Å². The van der Waals surface area contributed by atoms with Crippen LogP contribution in [0.5, 0.6) is 0 Å². The molecule has 204 valence electrons. The Hall–Kier alpha value is -2.95. The minimum Gasteiger partial charge on any atom is -0.383 e. The number of nitrogens with zero attached hydrogens (tertiary/aromatic N) is 5. The molecule has 0 bridgehead atoms. The first-order chi connectivity index (χ1) is 18.8. The number of fused-ring (bicyclic) bond motifs is 1. The minimum atomic E-state index is -0.712. The highest BCUT2D eigenvalue weighted by atomic mass is 79.9. The second-order valence-corrected chi connectivity index (χ2v) is 11.5. The molecular weight excluding hydrogens is 569 g/mol. The molecule has 0 amide bonds. The minimum absolute atomic E-state index is 0.0124. The number of aromatic nitrogens is 3. The molecule has 4 aromatic rings. The molecule has 0 unspecified atom stereocenters. The van der Waals surface area contributed by atoms with Gasteiger partial charge in [-0.3, -0.25) is 4.90 Å². The van der Waals surface area contributed by atoms with Crippen LogP contribution in [-0.4, -0.2) is 63.6 Å². The summed E-state index contributed by atoms with van der Waals surface area (Å²) in [5.41, 5.74) is 8.18. The lowest BCUT2D eigenvalue weighted by atomic mass is 9.89. The summed E-state index contributed by atoms with van der Waals surface area (Å²) < 4.78 is 46.2. The predicted molar refractivity (Wildman–Crippen MR) is 151 cm³/mol. The van der Waals surface area contributed by atoms with Crippen LogP contribution in [0, 0.1) is 17.5 Å². The van der Waals surface area contributed by atoms with Crippen molar-refractivity contribution in [1.82, 2.24) is 24.3 Å². The second-order valence-electron chi connectivity index (χ2n) is 10.6. The Labute approximate surface area is 233 Å². The van der Waals surface area contributed by atoms with Crippen LogP contribution in [0.1, 0.15) is 31.7 Å². The molecule has 2 aromatic heterocycles. The molecule has 2 fully saturated rings. The smallest absolute Gasteiger partial charge is 0.146 e. The highest BCUT2D eigenvalue weighted by Gasteiger charge is 2.30. The summed E-state index contributed by atoms with van der Waals surface area (Å²) in [6.45, 7) is 4.45. The molecule has 0 atom stereocenters. The zero-order chi connectivity index (χ0) is 27.3. The normalized spacial score (nSPS) is 21.1. The van der Waals surface area contributed by atoms with E-state index in [-0.39, 0.29) is 21.6 Å². The highest BCUT2D eigenvalue weighted by molar-refractivity contribution is 9.10. The number of piperazine rings is 1. The van der Waals surface area contributed by atoms with Crippen LogP contribution in [0.25, 0.3) is 33.3 Å². The summed E-state index contributed by atoms with van der Waals surface area (Å²) in [4.78, 5) is 13.8. The third-order valence-corrected chi connectivity index (χ3v) is 8.94. The van der Waals surface area contributed by atoms with Crippen molar-refractivity contribution in [2.24, 2.45) is 0 Å². The molecular formula is C29H30BrF3N6. The first-order valence-electron chi connectivity index (χ1n) is 13.3. The Balaban J connectivity index is 1.31. The number of nitrogen functional groups attached to an aromatic ring is 1. The van der Waals surface area contributed by atoms with Crippen molar-refractivity contribution in [3.8, 4) is 22.3 Å². The number of hydrogen-bond donors (Lipinski definition) is 1. The molecule has 10 heteroatoms. The van der Waals surface area contributed by atoms with Gasteiger partial charge in [0.25, 0.3) is 0 Å². The average molecular weight is 599 g/mol. The van der Waals surface area contributed by atoms with Crippen LogP contribution in [0.3, 0.4) is 0 Å². The largest absolute Gasteiger partial charge is 0.383 e. The molecule has 0 radical (unpaired) electrons. The van der Waals surface area contributed by atoms with E-state index in [1.54, 1.807) is 6.07 Å². The van der Waals surface area contributed by atoms with Gasteiger partial charge in [-0.05, 0) is 72.4 Å². The van der Waals surface area contributed by atoms with E-state index in [1.165, 1.54) is 18.5 Å². The van der Waals surface area contributed by atoms with E-state index in [1.807, 2.05) is 6.20 Å². The third-order valence-electron chi connectivity index (χ3n) is 8.33. The van der Waals surface area contributed by atoms with Gasteiger partial charge in [-0.1, -0.05) is 12.1 Å². The van der Waals surface area contributed by atoms with Gasteiger partial charge in [0, 0.05) is 61.1 Å². The lowest BCUT2D eigenvalue weighted by Gasteiger charge is -2.41. The van der Waals surface area contributed by atoms with Crippen molar-refractivity contribution in [2.75, 3.05) is 39.0 Å². The van der Waals surface area contributed by atoms with Gasteiger partial charge in [-0.15, -0.1) is 0 Å². The lowest BCUT2D eigenvalue weighted by molar-refractivity contribution is 0.0828. The quantitative estimate of drug-likeness (QED) is 0.281. The molecule has 2 aliphatic rings. The Morgan fingerprint density at radius 3 is 2.23 bits per heavy atom. The molecule has 1 aliphatic carbocycles. The summed E-state index contributed by atoms with van der Waals surface area (Å²) in [5.74, 6) is -1.70. The summed E-state index contributed by atoms with van der Waals surface area (Å²) in [5, 5.41) is 0.673. The van der Waals surface area contributed by atoms with Crippen LogP contribution < -0.4 is 5.73 Å². The van der Waals surface area contributed by atoms with Crippen LogP contribution in [0.4, 0.5) is 19.0 Å². The number of nitrogens with two attached hydrogens (primary N) is 1. The predicted octanol–water partition coefficient (Wildman–Crippen LogP) is 6.26. The summed E-state index contributed by atoms with van der Waals surface area (Å²) in [6.07, 6.45) is 7.72. The average Bonchev–Trinajstić information content (AvgIpc) is 3.33. The van der Waals surface area contributed by atoms with Crippen LogP contribution >= 0.6 is 15.9 Å². The monoisotopic (exact) mass is 598 g/mol. The van der Waals surface area contributed by atoms with E-state index in [4.69, 9.17) is 5.73 Å². The van der Waals surface area contributed by atoms with Crippen molar-refractivity contribution in [3.05, 3.63) is 64.8 Å². The zero-order valence-electron chi connectivity index (χ0n) is 21.7. The summed E-state index contributed by atoms with van der Waals surface area (Å²) in [6, 6.07) is 7.36. The maximum Gasteiger partial charge on any atom is 0.146 e. The van der Waals surface area contributed by atoms with E-state index in [2.05, 4.69) is 47.3 Å². The van der Waals surface area contributed by atoms with E-state index >= 15 is 4.39 Å². The molecule has 2 aromatic carbocycles. The van der Waals surface area contributed by atoms with Gasteiger partial charge in [0.1, 0.15) is 35.2 Å². The Morgan fingerprint density at radius 1 is 0.821 bits per heavy atom. The molecule has 1 saturated heterocycles. The first-order valence-corrected chi connectivity index (χ1v) is 14.1. The molecule has 3 heterocycles. The second kappa shape index (κ2) is 10.6. The summed E-state index contributed by atoms with van der Waals surface area (Å²) >= 11 is 2.96. The van der Waals surface area contributed by atoms with Gasteiger partial charge >= 0.3 is 0 Å². The zero-order valence-corrected chi connectivity index (χ0v) is 23.3. The van der Waals surface area contributed by atoms with Crippen molar-refractivity contribution < 1.29 is 13.2 Å². The molecule has 1 aliphatic heterocycles. The fraction of sp³-hybridized carbons (Fsp3) is 0.379. The molecule has 6 nitrogen and oxygen atoms in total. The van der Waals surface area contributed by atoms with E-state index < -0.39 is 17.5 Å². The standard InChI is InChI=1S/C29H30BrF3N6/c1-37-8-10-38(11-9-37)18-3-5-19(6-4-18)39-15-22(27-28(34)35-16-36-29(27)39)17-2-7-20(24(31)12-17)21-13-26(33)23(30)14-25(21)32/h2,7,12-16,18-19H,3-6,8-11H2,1H3,(H2,34,35,36). The Kier molecular flexibility index (Phi) is 7.11. The van der Waals surface area contributed by atoms with Crippen molar-refractivity contribution >= 4 is 32.8 Å². The lowest BCUT2D eigenvalue weighted by Crippen LogP contribution is -2.49. The first kappa shape index (κ1) is 26.3. The maximum absolute atomic E-state index is 15.4. The van der Waals surface area contributed by atoms with Gasteiger partial charge in [-0.2, -0.15) is 0 Å². The number of halogens is 4. The fourth-order valence-corrected chi connectivity index (χ4v) is 6.44. The van der Waals surface area contributed by atoms with Crippen LogP contribution in [0.2, 0.25) is 0 Å². The molecule has 0 spiro atoms. The molecule has 39 heavy (non-hydrogen) atoms. The summed E-state index contributed by atoms with van der Waals surface area (Å²) in [7, 11) is 2.18. The molecule has 6 rings (SSSR count). The van der Waals surface area contributed by atoms with Crippen LogP contribution in [0.15, 0.2) is 47.3 Å². The SMILES string of the molecule is CN1CCN(C2CCC(n3cc(-c4ccc(-c5cc(F)c(Br)cc5F)c(F)c4)c4c(N)ncnc43)CC2)CC1. The highest BCUT2D eigenvalue weighted by Crippen LogP contribution is 2.40. The van der Waals surface area contributed by atoms with Gasteiger partial charge < -0.3 is 15.2 Å². The van der Waals surface area contributed by atoms with Crippen molar-refractivity contribution in [1.29, 1.82) is 0 Å². The maximum atomic E-state index is 15.4. The fourth-order valence-electron chi connectivity index (χ4n) is 6.12. The Morgan fingerprint density at radius 2 is 1.51 bits per heavy atom. The van der Waals surface area contributed by atoms with E-state index in [0.29, 0.717) is 22.8 Å². The van der Waals surface area contributed by atoms with E-state index in [0.717, 1.165) is 75.2 Å². The van der Waals surface area contributed by atoms with Gasteiger partial charge in [0.2, 0.25) is 0 Å². The van der Waals surface area contributed by atoms with Gasteiger partial charge in [-0.25, -0.2) is 23.1 Å². The third kappa shape index (κ3) is 4.94. The number of anilines is 1. The topological polar surface area (TPSA) is 63.2 Å². The molecule has 2 N–H and O–H groups in total. The van der Waals surface area contributed by atoms with Crippen molar-refractivity contribution in [2.45, 2.75) is 37.8 Å². The number of hydrogen-bond acceptors (Lipinski definition) is 5. The number of likely N-dealkylation sites (N-methyl/N-ethyl adjacent to an activating group) is 1. The number of rotatable bonds is 4. The van der Waals surface area contributed by atoms with Crippen LogP contribution in [-0.2, 0) is 0 Å². The van der Waals surface area contributed by atoms with Gasteiger partial charge in [0.15, 0.2) is 0 Å². The van der Waals surface area contributed by atoms with Crippen molar-refractivity contribution in [3.63, 3.8) is 0 Å². The number of benzene rings is 2.